The highest BCUT2D eigenvalue weighted by atomic mass is 17.2. The summed E-state index contributed by atoms with van der Waals surface area (Å²) in [5.74, 6) is -0.601. The summed E-state index contributed by atoms with van der Waals surface area (Å²) in [6.45, 7) is 2.67. The van der Waals surface area contributed by atoms with E-state index in [9.17, 15) is 4.79 Å². The van der Waals surface area contributed by atoms with Gasteiger partial charge in [0.1, 0.15) is 0 Å². The van der Waals surface area contributed by atoms with Gasteiger partial charge in [-0.05, 0) is 6.92 Å². The van der Waals surface area contributed by atoms with E-state index in [0.717, 1.165) is 0 Å². The van der Waals surface area contributed by atoms with Crippen LogP contribution in [0.25, 0.3) is 0 Å². The van der Waals surface area contributed by atoms with Crippen LogP contribution in [0.4, 0.5) is 0 Å². The topological polar surface area (TPSA) is 103 Å². The fourth-order valence-corrected chi connectivity index (χ4v) is 0.894. The van der Waals surface area contributed by atoms with Crippen molar-refractivity contribution in [3.05, 3.63) is 0 Å². The van der Waals surface area contributed by atoms with E-state index in [4.69, 9.17) is 15.6 Å². The van der Waals surface area contributed by atoms with Gasteiger partial charge in [-0.25, -0.2) is 10.1 Å². The van der Waals surface area contributed by atoms with Crippen molar-refractivity contribution in [2.45, 2.75) is 25.6 Å². The van der Waals surface area contributed by atoms with E-state index < -0.39 is 17.7 Å². The lowest BCUT2D eigenvalue weighted by Gasteiger charge is -2.22. The molecule has 13 heavy (non-hydrogen) atoms. The van der Waals surface area contributed by atoms with E-state index in [1.54, 1.807) is 0 Å². The number of ether oxygens (including phenoxy) is 1. The van der Waals surface area contributed by atoms with Gasteiger partial charge in [-0.3, -0.25) is 10.6 Å². The molecule has 1 fully saturated rings. The van der Waals surface area contributed by atoms with Crippen LogP contribution in [0.15, 0.2) is 0 Å². The highest BCUT2D eigenvalue weighted by Crippen LogP contribution is 2.19. The molecule has 76 valence electrons. The normalized spacial score (nSPS) is 39.1. The molecule has 0 aromatic heterocycles. The van der Waals surface area contributed by atoms with Crippen LogP contribution >= 0.6 is 0 Å². The average Bonchev–Trinajstić information content (AvgIpc) is 2.23. The Bertz CT molecular complexity index is 219. The maximum Gasteiger partial charge on any atom is 0.339 e. The predicted molar refractivity (Wildman–Crippen MR) is 39.5 cm³/mol. The summed E-state index contributed by atoms with van der Waals surface area (Å²) in [5.41, 5.74) is 4.03. The molecule has 0 radical (unpaired) electrons. The van der Waals surface area contributed by atoms with Gasteiger partial charge in [0.15, 0.2) is 5.72 Å². The molecule has 0 bridgehead atoms. The molecule has 0 saturated carbocycles. The number of hydrogen-bond donors (Lipinski definition) is 3. The number of nitrogens with one attached hydrogen (secondary N) is 1. The first-order chi connectivity index (χ1) is 5.83. The standard InChI is InChI=1S/C6H12N2O5/c1-4(9)12-13-5(2)3-11-6(7,10)8-5/h8,10H,3,7H2,1-2H3. The second-order valence-electron chi connectivity index (χ2n) is 3.00. The second kappa shape index (κ2) is 3.20. The molecule has 2 unspecified atom stereocenters. The van der Waals surface area contributed by atoms with Crippen molar-refractivity contribution in [2.24, 2.45) is 5.73 Å². The van der Waals surface area contributed by atoms with E-state index >= 15 is 0 Å². The summed E-state index contributed by atoms with van der Waals surface area (Å²) in [6.07, 6.45) is 0. The van der Waals surface area contributed by atoms with Crippen molar-refractivity contribution in [3.8, 4) is 0 Å². The Labute approximate surface area is 74.7 Å². The van der Waals surface area contributed by atoms with E-state index in [1.807, 2.05) is 0 Å². The summed E-state index contributed by atoms with van der Waals surface area (Å²) in [7, 11) is 0. The molecule has 2 atom stereocenters. The zero-order valence-electron chi connectivity index (χ0n) is 7.36. The van der Waals surface area contributed by atoms with Crippen LogP contribution in [-0.4, -0.2) is 29.4 Å². The predicted octanol–water partition coefficient (Wildman–Crippen LogP) is -1.62. The Hall–Kier alpha value is -0.730. The molecule has 7 nitrogen and oxygen atoms in total. The lowest BCUT2D eigenvalue weighted by atomic mass is 10.3. The first-order valence-electron chi connectivity index (χ1n) is 3.64. The monoisotopic (exact) mass is 192 g/mol. The van der Waals surface area contributed by atoms with Crippen LogP contribution in [0.5, 0.6) is 0 Å². The average molecular weight is 192 g/mol. The van der Waals surface area contributed by atoms with Gasteiger partial charge in [-0.1, -0.05) is 0 Å². The maximum atomic E-state index is 10.4. The summed E-state index contributed by atoms with van der Waals surface area (Å²) in [4.78, 5) is 19.3. The lowest BCUT2D eigenvalue weighted by Crippen LogP contribution is -2.56. The number of carbonyl (C=O) groups excluding carboxylic acids is 1. The van der Waals surface area contributed by atoms with Crippen molar-refractivity contribution < 1.29 is 24.4 Å². The molecule has 1 rings (SSSR count). The molecule has 4 N–H and O–H groups in total. The van der Waals surface area contributed by atoms with E-state index in [1.165, 1.54) is 13.8 Å². The van der Waals surface area contributed by atoms with Crippen LogP contribution in [0.1, 0.15) is 13.8 Å². The smallest absolute Gasteiger partial charge is 0.339 e. The first-order valence-corrected chi connectivity index (χ1v) is 3.64. The van der Waals surface area contributed by atoms with E-state index in [2.05, 4.69) is 15.1 Å². The Morgan fingerprint density at radius 3 is 2.77 bits per heavy atom. The van der Waals surface area contributed by atoms with Gasteiger partial charge in [0.05, 0.1) is 6.61 Å². The van der Waals surface area contributed by atoms with Gasteiger partial charge in [0, 0.05) is 6.92 Å². The SMILES string of the molecule is CC(=O)OOC1(C)COC(N)(O)N1. The molecule has 0 aromatic carbocycles. The number of carbonyl (C=O) groups is 1. The van der Waals surface area contributed by atoms with Crippen LogP contribution < -0.4 is 11.1 Å². The van der Waals surface area contributed by atoms with Crippen molar-refractivity contribution in [1.29, 1.82) is 0 Å². The lowest BCUT2D eigenvalue weighted by molar-refractivity contribution is -0.332. The van der Waals surface area contributed by atoms with Crippen LogP contribution in [0.2, 0.25) is 0 Å². The second-order valence-corrected chi connectivity index (χ2v) is 3.00. The van der Waals surface area contributed by atoms with E-state index in [-0.39, 0.29) is 6.61 Å². The third kappa shape index (κ3) is 2.90. The van der Waals surface area contributed by atoms with Crippen molar-refractivity contribution in [3.63, 3.8) is 0 Å². The van der Waals surface area contributed by atoms with Gasteiger partial charge >= 0.3 is 5.97 Å². The van der Waals surface area contributed by atoms with Crippen LogP contribution in [0.3, 0.4) is 0 Å². The Balaban J connectivity index is 2.45. The van der Waals surface area contributed by atoms with Gasteiger partial charge in [0.25, 0.3) is 6.03 Å². The summed E-state index contributed by atoms with van der Waals surface area (Å²) in [5, 5.41) is 11.5. The third-order valence-corrected chi connectivity index (χ3v) is 1.35. The molecule has 0 amide bonds. The molecule has 1 heterocycles. The molecule has 1 aliphatic rings. The Kier molecular flexibility index (Phi) is 2.55. The number of hydrogen-bond acceptors (Lipinski definition) is 7. The molecule has 0 spiro atoms. The number of aliphatic hydroxyl groups is 1. The number of nitrogens with two attached hydrogens (primary N) is 1. The highest BCUT2D eigenvalue weighted by molar-refractivity contribution is 5.65. The summed E-state index contributed by atoms with van der Waals surface area (Å²) in [6, 6.07) is -1.95. The highest BCUT2D eigenvalue weighted by Gasteiger charge is 2.45. The molecular weight excluding hydrogens is 180 g/mol. The first kappa shape index (κ1) is 10.4. The Morgan fingerprint density at radius 2 is 2.38 bits per heavy atom. The zero-order chi connectivity index (χ0) is 10.1. The van der Waals surface area contributed by atoms with Gasteiger partial charge < -0.3 is 9.84 Å². The van der Waals surface area contributed by atoms with Gasteiger partial charge in [0.2, 0.25) is 0 Å². The van der Waals surface area contributed by atoms with Gasteiger partial charge in [-0.15, -0.1) is 0 Å². The third-order valence-electron chi connectivity index (χ3n) is 1.35. The molecular formula is C6H12N2O5. The van der Waals surface area contributed by atoms with Crippen molar-refractivity contribution in [1.82, 2.24) is 5.32 Å². The van der Waals surface area contributed by atoms with Gasteiger partial charge in [-0.2, -0.15) is 4.89 Å². The maximum absolute atomic E-state index is 10.4. The molecule has 1 saturated heterocycles. The fourth-order valence-electron chi connectivity index (χ4n) is 0.894. The molecule has 7 heteroatoms. The van der Waals surface area contributed by atoms with Crippen LogP contribution in [0, 0.1) is 0 Å². The number of rotatable bonds is 2. The minimum Gasteiger partial charge on any atom is -0.341 e. The van der Waals surface area contributed by atoms with Crippen LogP contribution in [-0.2, 0) is 19.3 Å². The molecule has 0 aliphatic carbocycles. The van der Waals surface area contributed by atoms with Crippen molar-refractivity contribution in [2.75, 3.05) is 6.61 Å². The minimum absolute atomic E-state index is 0.0344. The van der Waals surface area contributed by atoms with Crippen molar-refractivity contribution >= 4 is 5.97 Å². The summed E-state index contributed by atoms with van der Waals surface area (Å²) < 4.78 is 4.69. The molecule has 0 aromatic rings. The molecule has 1 aliphatic heterocycles. The summed E-state index contributed by atoms with van der Waals surface area (Å²) >= 11 is 0. The Morgan fingerprint density at radius 1 is 1.77 bits per heavy atom. The minimum atomic E-state index is -1.95. The zero-order valence-corrected chi connectivity index (χ0v) is 7.36. The fraction of sp³-hybridized carbons (Fsp3) is 0.833. The largest absolute Gasteiger partial charge is 0.341 e. The van der Waals surface area contributed by atoms with E-state index in [0.29, 0.717) is 0 Å². The quantitative estimate of drug-likeness (QED) is 0.274.